The van der Waals surface area contributed by atoms with Gasteiger partial charge in [-0.2, -0.15) is 0 Å². The first-order valence-electron chi connectivity index (χ1n) is 5.92. The Kier molecular flexibility index (Phi) is 4.73. The van der Waals surface area contributed by atoms with Crippen LogP contribution in [0.15, 0.2) is 22.7 Å². The monoisotopic (exact) mass is 301 g/mol. The molecule has 0 bridgehead atoms. The number of benzene rings is 1. The molecule has 0 heterocycles. The minimum Gasteiger partial charge on any atom is -0.324 e. The summed E-state index contributed by atoms with van der Waals surface area (Å²) in [7, 11) is 0. The van der Waals surface area contributed by atoms with Crippen molar-refractivity contribution in [3.8, 4) is 0 Å². The molecule has 2 unspecified atom stereocenters. The van der Waals surface area contributed by atoms with Crippen molar-refractivity contribution in [1.29, 1.82) is 0 Å². The zero-order chi connectivity index (χ0) is 13.2. The molecule has 0 saturated carbocycles. The Morgan fingerprint density at radius 3 is 2.41 bits per heavy atom. The fourth-order valence-electron chi connectivity index (χ4n) is 1.61. The minimum absolute atomic E-state index is 0.0406. The van der Waals surface area contributed by atoms with Crippen molar-refractivity contribution in [1.82, 2.24) is 0 Å². The summed E-state index contributed by atoms with van der Waals surface area (Å²) in [4.78, 5) is 0. The van der Waals surface area contributed by atoms with E-state index in [1.165, 1.54) is 6.07 Å². The van der Waals surface area contributed by atoms with Gasteiger partial charge in [-0.15, -0.1) is 0 Å². The highest BCUT2D eigenvalue weighted by Gasteiger charge is 2.22. The summed E-state index contributed by atoms with van der Waals surface area (Å²) in [5, 5.41) is 0. The number of rotatable bonds is 3. The van der Waals surface area contributed by atoms with Crippen LogP contribution in [0.1, 0.15) is 45.7 Å². The Bertz CT molecular complexity index is 384. The van der Waals surface area contributed by atoms with Crippen molar-refractivity contribution in [2.24, 2.45) is 17.1 Å². The van der Waals surface area contributed by atoms with E-state index < -0.39 is 0 Å². The molecular weight excluding hydrogens is 281 g/mol. The second kappa shape index (κ2) is 5.49. The topological polar surface area (TPSA) is 26.0 Å². The standard InChI is InChI=1S/C14H21BrFN/c1-9(14(2,3)4)7-13(17)10-5-6-12(16)11(15)8-10/h5-6,8-9,13H,7,17H2,1-4H3. The maximum Gasteiger partial charge on any atom is 0.137 e. The summed E-state index contributed by atoms with van der Waals surface area (Å²) in [5.41, 5.74) is 7.39. The molecule has 0 aliphatic heterocycles. The lowest BCUT2D eigenvalue weighted by atomic mass is 9.78. The third-order valence-corrected chi connectivity index (χ3v) is 4.07. The second-order valence-corrected chi connectivity index (χ2v) is 6.64. The van der Waals surface area contributed by atoms with Gasteiger partial charge in [-0.1, -0.05) is 33.8 Å². The molecule has 2 atom stereocenters. The average Bonchev–Trinajstić information content (AvgIpc) is 2.20. The molecule has 0 fully saturated rings. The van der Waals surface area contributed by atoms with Gasteiger partial charge in [-0.25, -0.2) is 4.39 Å². The number of hydrogen-bond acceptors (Lipinski definition) is 1. The van der Waals surface area contributed by atoms with Crippen molar-refractivity contribution in [3.05, 3.63) is 34.1 Å². The van der Waals surface area contributed by atoms with Gasteiger partial charge in [0.2, 0.25) is 0 Å². The molecule has 17 heavy (non-hydrogen) atoms. The average molecular weight is 302 g/mol. The molecule has 0 saturated heterocycles. The molecule has 96 valence electrons. The van der Waals surface area contributed by atoms with E-state index in [4.69, 9.17) is 5.73 Å². The first-order chi connectivity index (χ1) is 7.71. The summed E-state index contributed by atoms with van der Waals surface area (Å²) in [6, 6.07) is 4.96. The van der Waals surface area contributed by atoms with Gasteiger partial charge in [-0.05, 0) is 51.4 Å². The minimum atomic E-state index is -0.246. The molecule has 1 nitrogen and oxygen atoms in total. The summed E-state index contributed by atoms with van der Waals surface area (Å²) in [6.07, 6.45) is 0.904. The summed E-state index contributed by atoms with van der Waals surface area (Å²) in [6.45, 7) is 8.85. The van der Waals surface area contributed by atoms with Crippen LogP contribution in [0.5, 0.6) is 0 Å². The molecule has 1 rings (SSSR count). The Hall–Kier alpha value is -0.410. The van der Waals surface area contributed by atoms with Crippen LogP contribution < -0.4 is 5.73 Å². The van der Waals surface area contributed by atoms with Crippen LogP contribution in [0.3, 0.4) is 0 Å². The number of nitrogens with two attached hydrogens (primary N) is 1. The van der Waals surface area contributed by atoms with E-state index in [-0.39, 0.29) is 17.3 Å². The van der Waals surface area contributed by atoms with Crippen molar-refractivity contribution in [2.75, 3.05) is 0 Å². The zero-order valence-corrected chi connectivity index (χ0v) is 12.5. The van der Waals surface area contributed by atoms with Crippen LogP contribution in [-0.4, -0.2) is 0 Å². The SMILES string of the molecule is CC(CC(N)c1ccc(F)c(Br)c1)C(C)(C)C. The number of hydrogen-bond donors (Lipinski definition) is 1. The molecule has 0 aliphatic carbocycles. The highest BCUT2D eigenvalue weighted by Crippen LogP contribution is 2.33. The molecule has 0 spiro atoms. The normalized spacial score (nSPS) is 15.7. The molecule has 0 amide bonds. The van der Waals surface area contributed by atoms with Crippen LogP contribution in [-0.2, 0) is 0 Å². The lowest BCUT2D eigenvalue weighted by molar-refractivity contribution is 0.234. The molecule has 2 N–H and O–H groups in total. The molecule has 0 aromatic heterocycles. The van der Waals surface area contributed by atoms with E-state index >= 15 is 0 Å². The molecule has 1 aromatic rings. The van der Waals surface area contributed by atoms with E-state index in [1.807, 2.05) is 0 Å². The van der Waals surface area contributed by atoms with Crippen LogP contribution >= 0.6 is 15.9 Å². The van der Waals surface area contributed by atoms with Crippen molar-refractivity contribution in [3.63, 3.8) is 0 Å². The first kappa shape index (κ1) is 14.7. The predicted molar refractivity (Wildman–Crippen MR) is 74.3 cm³/mol. The molecule has 0 aliphatic rings. The highest BCUT2D eigenvalue weighted by molar-refractivity contribution is 9.10. The Morgan fingerprint density at radius 2 is 1.94 bits per heavy atom. The molecule has 0 radical (unpaired) electrons. The fourth-order valence-corrected chi connectivity index (χ4v) is 2.01. The van der Waals surface area contributed by atoms with Gasteiger partial charge in [0.15, 0.2) is 0 Å². The van der Waals surface area contributed by atoms with E-state index in [0.717, 1.165) is 12.0 Å². The third-order valence-electron chi connectivity index (χ3n) is 3.46. The lowest BCUT2D eigenvalue weighted by Crippen LogP contribution is -2.23. The molecular formula is C14H21BrFN. The fraction of sp³-hybridized carbons (Fsp3) is 0.571. The Labute approximate surface area is 112 Å². The summed E-state index contributed by atoms with van der Waals surface area (Å²) >= 11 is 3.19. The lowest BCUT2D eigenvalue weighted by Gasteiger charge is -2.29. The third kappa shape index (κ3) is 4.07. The van der Waals surface area contributed by atoms with E-state index in [1.54, 1.807) is 12.1 Å². The van der Waals surface area contributed by atoms with Crippen molar-refractivity contribution < 1.29 is 4.39 Å². The van der Waals surface area contributed by atoms with Gasteiger partial charge in [0.1, 0.15) is 5.82 Å². The summed E-state index contributed by atoms with van der Waals surface area (Å²) < 4.78 is 13.6. The quantitative estimate of drug-likeness (QED) is 0.863. The van der Waals surface area contributed by atoms with E-state index in [2.05, 4.69) is 43.6 Å². The Balaban J connectivity index is 2.76. The largest absolute Gasteiger partial charge is 0.324 e. The van der Waals surface area contributed by atoms with Crippen LogP contribution in [0.2, 0.25) is 0 Å². The summed E-state index contributed by atoms with van der Waals surface area (Å²) in [5.74, 6) is 0.270. The zero-order valence-electron chi connectivity index (χ0n) is 10.9. The predicted octanol–water partition coefficient (Wildman–Crippen LogP) is 4.66. The van der Waals surface area contributed by atoms with Gasteiger partial charge >= 0.3 is 0 Å². The van der Waals surface area contributed by atoms with Gasteiger partial charge in [0.05, 0.1) is 4.47 Å². The maximum atomic E-state index is 13.1. The smallest absolute Gasteiger partial charge is 0.137 e. The van der Waals surface area contributed by atoms with Gasteiger partial charge in [-0.3, -0.25) is 0 Å². The van der Waals surface area contributed by atoms with E-state index in [0.29, 0.717) is 10.4 Å². The van der Waals surface area contributed by atoms with Crippen LogP contribution in [0, 0.1) is 17.2 Å². The molecule has 1 aromatic carbocycles. The molecule has 3 heteroatoms. The van der Waals surface area contributed by atoms with Gasteiger partial charge in [0, 0.05) is 6.04 Å². The van der Waals surface area contributed by atoms with Crippen LogP contribution in [0.4, 0.5) is 4.39 Å². The van der Waals surface area contributed by atoms with Gasteiger partial charge < -0.3 is 5.73 Å². The maximum absolute atomic E-state index is 13.1. The Morgan fingerprint density at radius 1 is 1.35 bits per heavy atom. The van der Waals surface area contributed by atoms with Crippen LogP contribution in [0.25, 0.3) is 0 Å². The first-order valence-corrected chi connectivity index (χ1v) is 6.71. The highest BCUT2D eigenvalue weighted by atomic mass is 79.9. The second-order valence-electron chi connectivity index (χ2n) is 5.78. The van der Waals surface area contributed by atoms with E-state index in [9.17, 15) is 4.39 Å². The van der Waals surface area contributed by atoms with Crippen molar-refractivity contribution >= 4 is 15.9 Å². The van der Waals surface area contributed by atoms with Crippen molar-refractivity contribution in [2.45, 2.75) is 40.2 Å². The van der Waals surface area contributed by atoms with Gasteiger partial charge in [0.25, 0.3) is 0 Å². The number of halogens is 2.